The number of anilines is 2. The van der Waals surface area contributed by atoms with E-state index in [1.54, 1.807) is 0 Å². The van der Waals surface area contributed by atoms with Crippen molar-refractivity contribution in [1.82, 2.24) is 4.40 Å². The van der Waals surface area contributed by atoms with E-state index in [1.165, 1.54) is 11.8 Å². The summed E-state index contributed by atoms with van der Waals surface area (Å²) < 4.78 is 2.73. The van der Waals surface area contributed by atoms with Gasteiger partial charge in [0.15, 0.2) is 0 Å². The molecule has 2 aromatic carbocycles. The average molecular weight is 518 g/mol. The van der Waals surface area contributed by atoms with Gasteiger partial charge in [0.25, 0.3) is 0 Å². The first-order valence-electron chi connectivity index (χ1n) is 10.1. The number of benzene rings is 2. The summed E-state index contributed by atoms with van der Waals surface area (Å²) in [7, 11) is 0. The Morgan fingerprint density at radius 1 is 1.18 bits per heavy atom. The molecule has 1 amide bonds. The van der Waals surface area contributed by atoms with Gasteiger partial charge in [-0.2, -0.15) is 5.26 Å². The molecule has 4 aromatic rings. The molecule has 0 saturated carbocycles. The molecular weight excluding hydrogens is 498 g/mol. The number of hydrogen-bond acceptors (Lipinski definition) is 5. The molecule has 0 bridgehead atoms. The van der Waals surface area contributed by atoms with Gasteiger partial charge in [0, 0.05) is 16.4 Å². The highest BCUT2D eigenvalue weighted by molar-refractivity contribution is 9.10. The number of fused-ring (bicyclic) bond motifs is 1. The third-order valence-corrected chi connectivity index (χ3v) is 6.37. The fourth-order valence-corrected chi connectivity index (χ4v) is 4.61. The van der Waals surface area contributed by atoms with E-state index in [2.05, 4.69) is 27.3 Å². The maximum Gasteiger partial charge on any atom is 0.234 e. The maximum absolute atomic E-state index is 12.7. The van der Waals surface area contributed by atoms with E-state index in [4.69, 9.17) is 10.7 Å². The van der Waals surface area contributed by atoms with Crippen molar-refractivity contribution >= 4 is 61.2 Å². The fraction of sp³-hybridized carbons (Fsp3) is 0.0800. The Hall–Kier alpha value is -3.54. The van der Waals surface area contributed by atoms with Crippen LogP contribution in [-0.2, 0) is 4.79 Å². The number of nitrogens with two attached hydrogens (primary N) is 1. The van der Waals surface area contributed by atoms with E-state index in [-0.39, 0.29) is 11.7 Å². The SMILES string of the molecule is Cc1ccc(N=C(SCC(=O)Nc2cccc(Br)c2)c2c(N)c(C#N)c3ccccn23)cc1. The Kier molecular flexibility index (Phi) is 6.82. The van der Waals surface area contributed by atoms with Crippen LogP contribution in [0.2, 0.25) is 0 Å². The first kappa shape index (κ1) is 22.6. The third kappa shape index (κ3) is 5.11. The Labute approximate surface area is 204 Å². The highest BCUT2D eigenvalue weighted by Crippen LogP contribution is 2.31. The second kappa shape index (κ2) is 9.94. The molecule has 0 spiro atoms. The van der Waals surface area contributed by atoms with Crippen LogP contribution >= 0.6 is 27.7 Å². The molecular formula is C25H20BrN5OS. The number of nitrogens with zero attached hydrogens (tertiary/aromatic N) is 3. The summed E-state index contributed by atoms with van der Waals surface area (Å²) in [6.45, 7) is 2.01. The predicted octanol–water partition coefficient (Wildman–Crippen LogP) is 5.91. The molecule has 0 aliphatic rings. The van der Waals surface area contributed by atoms with E-state index in [0.29, 0.717) is 33.2 Å². The van der Waals surface area contributed by atoms with E-state index >= 15 is 0 Å². The van der Waals surface area contributed by atoms with Gasteiger partial charge in [-0.15, -0.1) is 0 Å². The molecule has 164 valence electrons. The first-order valence-corrected chi connectivity index (χ1v) is 11.9. The molecule has 0 radical (unpaired) electrons. The van der Waals surface area contributed by atoms with Crippen LogP contribution < -0.4 is 11.1 Å². The number of nitriles is 1. The van der Waals surface area contributed by atoms with Crippen molar-refractivity contribution in [1.29, 1.82) is 5.26 Å². The lowest BCUT2D eigenvalue weighted by Gasteiger charge is -2.10. The Morgan fingerprint density at radius 2 is 1.97 bits per heavy atom. The number of rotatable bonds is 5. The number of hydrogen-bond donors (Lipinski definition) is 2. The zero-order valence-corrected chi connectivity index (χ0v) is 20.2. The van der Waals surface area contributed by atoms with Crippen molar-refractivity contribution in [3.05, 3.63) is 94.2 Å². The van der Waals surface area contributed by atoms with Crippen molar-refractivity contribution in [2.24, 2.45) is 4.99 Å². The van der Waals surface area contributed by atoms with Crippen LogP contribution in [0.3, 0.4) is 0 Å². The van der Waals surface area contributed by atoms with Gasteiger partial charge in [-0.3, -0.25) is 4.79 Å². The van der Waals surface area contributed by atoms with Gasteiger partial charge in [0.05, 0.1) is 22.6 Å². The van der Waals surface area contributed by atoms with Crippen LogP contribution in [0.15, 0.2) is 82.4 Å². The smallest absolute Gasteiger partial charge is 0.234 e. The standard InChI is InChI=1S/C25H20BrN5OS/c1-16-8-10-18(11-9-16)30-25(33-15-22(32)29-19-6-4-5-17(26)13-19)24-23(28)20(14-27)21-7-2-3-12-31(21)24/h2-13H,15,28H2,1H3,(H,29,32). The van der Waals surface area contributed by atoms with E-state index in [9.17, 15) is 10.1 Å². The Balaban J connectivity index is 1.70. The van der Waals surface area contributed by atoms with Crippen molar-refractivity contribution < 1.29 is 4.79 Å². The van der Waals surface area contributed by atoms with Crippen LogP contribution in [0.1, 0.15) is 16.8 Å². The van der Waals surface area contributed by atoms with Crippen molar-refractivity contribution in [3.63, 3.8) is 0 Å². The molecule has 0 aliphatic heterocycles. The molecule has 2 heterocycles. The van der Waals surface area contributed by atoms with Gasteiger partial charge < -0.3 is 15.5 Å². The van der Waals surface area contributed by atoms with Crippen LogP contribution in [0.25, 0.3) is 5.52 Å². The number of aryl methyl sites for hydroxylation is 1. The molecule has 0 fully saturated rings. The van der Waals surface area contributed by atoms with Crippen molar-refractivity contribution in [2.75, 3.05) is 16.8 Å². The highest BCUT2D eigenvalue weighted by Gasteiger charge is 2.21. The highest BCUT2D eigenvalue weighted by atomic mass is 79.9. The Bertz CT molecular complexity index is 1400. The summed E-state index contributed by atoms with van der Waals surface area (Å²) in [5.41, 5.74) is 11.0. The van der Waals surface area contributed by atoms with Crippen molar-refractivity contribution in [3.8, 4) is 6.07 Å². The second-order valence-corrected chi connectivity index (χ2v) is 9.18. The largest absolute Gasteiger partial charge is 0.396 e. The number of pyridine rings is 1. The summed E-state index contributed by atoms with van der Waals surface area (Å²) in [6, 6.07) is 22.9. The molecule has 0 aliphatic carbocycles. The lowest BCUT2D eigenvalue weighted by Crippen LogP contribution is -2.16. The summed E-state index contributed by atoms with van der Waals surface area (Å²) in [5, 5.41) is 13.1. The first-order chi connectivity index (χ1) is 16.0. The molecule has 0 atom stereocenters. The van der Waals surface area contributed by atoms with Crippen LogP contribution in [-0.4, -0.2) is 21.1 Å². The minimum atomic E-state index is -0.172. The lowest BCUT2D eigenvalue weighted by atomic mass is 10.2. The van der Waals surface area contributed by atoms with Gasteiger partial charge in [0.1, 0.15) is 22.4 Å². The Morgan fingerprint density at radius 3 is 2.70 bits per heavy atom. The maximum atomic E-state index is 12.7. The zero-order valence-electron chi connectivity index (χ0n) is 17.7. The van der Waals surface area contributed by atoms with Gasteiger partial charge in [-0.1, -0.05) is 57.5 Å². The molecule has 6 nitrogen and oxygen atoms in total. The van der Waals surface area contributed by atoms with Gasteiger partial charge in [-0.05, 0) is 49.4 Å². The third-order valence-electron chi connectivity index (χ3n) is 4.91. The molecule has 33 heavy (non-hydrogen) atoms. The molecule has 3 N–H and O–H groups in total. The number of halogens is 1. The van der Waals surface area contributed by atoms with Crippen LogP contribution in [0, 0.1) is 18.3 Å². The van der Waals surface area contributed by atoms with Crippen LogP contribution in [0.4, 0.5) is 17.1 Å². The van der Waals surface area contributed by atoms with Gasteiger partial charge in [-0.25, -0.2) is 4.99 Å². The normalized spacial score (nSPS) is 11.4. The average Bonchev–Trinajstić information content (AvgIpc) is 3.09. The summed E-state index contributed by atoms with van der Waals surface area (Å²) in [6.07, 6.45) is 1.84. The molecule has 0 saturated heterocycles. The molecule has 0 unspecified atom stereocenters. The summed E-state index contributed by atoms with van der Waals surface area (Å²) in [4.78, 5) is 17.5. The lowest BCUT2D eigenvalue weighted by molar-refractivity contribution is -0.113. The minimum absolute atomic E-state index is 0.124. The quantitative estimate of drug-likeness (QED) is 0.254. The van der Waals surface area contributed by atoms with E-state index in [1.807, 2.05) is 84.3 Å². The van der Waals surface area contributed by atoms with Crippen molar-refractivity contribution in [2.45, 2.75) is 6.92 Å². The number of aromatic nitrogens is 1. The number of aliphatic imine (C=N–C) groups is 1. The fourth-order valence-electron chi connectivity index (χ4n) is 3.35. The van der Waals surface area contributed by atoms with E-state index < -0.39 is 0 Å². The minimum Gasteiger partial charge on any atom is -0.396 e. The number of carbonyl (C=O) groups excluding carboxylic acids is 1. The van der Waals surface area contributed by atoms with Gasteiger partial charge in [0.2, 0.25) is 5.91 Å². The number of nitrogens with one attached hydrogen (secondary N) is 1. The number of carbonyl (C=O) groups is 1. The number of thioether (sulfide) groups is 1. The molecule has 2 aromatic heterocycles. The topological polar surface area (TPSA) is 95.7 Å². The monoisotopic (exact) mass is 517 g/mol. The second-order valence-electron chi connectivity index (χ2n) is 7.30. The summed E-state index contributed by atoms with van der Waals surface area (Å²) >= 11 is 4.68. The zero-order chi connectivity index (χ0) is 23.4. The predicted molar refractivity (Wildman–Crippen MR) is 139 cm³/mol. The molecule has 8 heteroatoms. The van der Waals surface area contributed by atoms with Crippen LogP contribution in [0.5, 0.6) is 0 Å². The number of amides is 1. The van der Waals surface area contributed by atoms with E-state index in [0.717, 1.165) is 15.7 Å². The number of nitrogen functional groups attached to an aromatic ring is 1. The molecule has 4 rings (SSSR count). The summed E-state index contributed by atoms with van der Waals surface area (Å²) in [5.74, 6) is -0.0480. The van der Waals surface area contributed by atoms with Gasteiger partial charge >= 0.3 is 0 Å².